The van der Waals surface area contributed by atoms with Crippen LogP contribution in [0, 0.1) is 0 Å². The Morgan fingerprint density at radius 3 is 2.31 bits per heavy atom. The number of anilines is 1. The Morgan fingerprint density at radius 2 is 1.72 bits per heavy atom. The lowest BCUT2D eigenvalue weighted by molar-refractivity contribution is -0.139. The summed E-state index contributed by atoms with van der Waals surface area (Å²) in [4.78, 5) is 27.9. The maximum absolute atomic E-state index is 13.6. The molecule has 0 unspecified atom stereocenters. The first-order valence-electron chi connectivity index (χ1n) is 11.6. The summed E-state index contributed by atoms with van der Waals surface area (Å²) in [5.74, 6) is -0.584. The Balaban J connectivity index is 2.45. The van der Waals surface area contributed by atoms with Crippen molar-refractivity contribution >= 4 is 50.7 Å². The maximum atomic E-state index is 13.6. The lowest BCUT2D eigenvalue weighted by Gasteiger charge is -2.32. The average Bonchev–Trinajstić information content (AvgIpc) is 2.82. The monoisotopic (exact) mass is 557 g/mol. The van der Waals surface area contributed by atoms with Gasteiger partial charge < -0.3 is 15.0 Å². The molecule has 2 aromatic carbocycles. The van der Waals surface area contributed by atoms with E-state index in [0.29, 0.717) is 28.0 Å². The molecule has 1 N–H and O–H groups in total. The molecule has 0 heterocycles. The number of nitrogens with zero attached hydrogens (tertiary/aromatic N) is 2. The Morgan fingerprint density at radius 1 is 1.06 bits per heavy atom. The quantitative estimate of drug-likeness (QED) is 0.414. The zero-order valence-corrected chi connectivity index (χ0v) is 23.5. The van der Waals surface area contributed by atoms with Crippen LogP contribution in [0.3, 0.4) is 0 Å². The summed E-state index contributed by atoms with van der Waals surface area (Å²) in [6, 6.07) is 10.5. The minimum absolute atomic E-state index is 0.0233. The molecule has 2 aromatic rings. The highest BCUT2D eigenvalue weighted by Gasteiger charge is 2.31. The van der Waals surface area contributed by atoms with Crippen molar-refractivity contribution < 1.29 is 22.7 Å². The number of sulfonamides is 1. The highest BCUT2D eigenvalue weighted by atomic mass is 35.5. The molecule has 0 spiro atoms. The van der Waals surface area contributed by atoms with Gasteiger partial charge in [0, 0.05) is 12.6 Å². The largest absolute Gasteiger partial charge is 0.492 e. The number of para-hydroxylation sites is 2. The van der Waals surface area contributed by atoms with E-state index in [1.807, 2.05) is 13.8 Å². The number of hydrogen-bond acceptors (Lipinski definition) is 5. The zero-order valence-electron chi connectivity index (χ0n) is 21.1. The Kier molecular flexibility index (Phi) is 10.9. The smallest absolute Gasteiger partial charge is 0.244 e. The number of halogens is 2. The second-order valence-electron chi connectivity index (χ2n) is 8.43. The summed E-state index contributed by atoms with van der Waals surface area (Å²) < 4.78 is 32.1. The van der Waals surface area contributed by atoms with Gasteiger partial charge in [0.15, 0.2) is 0 Å². The fourth-order valence-electron chi connectivity index (χ4n) is 3.42. The van der Waals surface area contributed by atoms with Crippen molar-refractivity contribution in [3.63, 3.8) is 0 Å². The van der Waals surface area contributed by atoms with Gasteiger partial charge in [0.2, 0.25) is 21.8 Å². The van der Waals surface area contributed by atoms with E-state index in [2.05, 4.69) is 5.32 Å². The van der Waals surface area contributed by atoms with Crippen LogP contribution in [0.25, 0.3) is 0 Å². The number of ether oxygens (including phenoxy) is 1. The van der Waals surface area contributed by atoms with Gasteiger partial charge >= 0.3 is 0 Å². The van der Waals surface area contributed by atoms with Crippen molar-refractivity contribution in [2.24, 2.45) is 0 Å². The van der Waals surface area contributed by atoms with Crippen LogP contribution in [0.2, 0.25) is 10.0 Å². The molecule has 2 rings (SSSR count). The molecule has 36 heavy (non-hydrogen) atoms. The van der Waals surface area contributed by atoms with Crippen LogP contribution >= 0.6 is 23.2 Å². The molecule has 0 saturated carbocycles. The predicted molar refractivity (Wildman–Crippen MR) is 144 cm³/mol. The molecular weight excluding hydrogens is 525 g/mol. The van der Waals surface area contributed by atoms with Crippen molar-refractivity contribution in [1.29, 1.82) is 0 Å². The molecule has 0 fully saturated rings. The fourth-order valence-corrected chi connectivity index (χ4v) is 4.59. The zero-order chi connectivity index (χ0) is 27.0. The summed E-state index contributed by atoms with van der Waals surface area (Å²) in [7, 11) is -3.87. The Labute approximate surface area is 223 Å². The summed E-state index contributed by atoms with van der Waals surface area (Å²) in [5.41, 5.74) is 0.878. The van der Waals surface area contributed by atoms with Gasteiger partial charge in [-0.3, -0.25) is 13.9 Å². The fraction of sp³-hybridized carbons (Fsp3) is 0.440. The molecule has 2 atom stereocenters. The van der Waals surface area contributed by atoms with Crippen LogP contribution < -0.4 is 14.4 Å². The van der Waals surface area contributed by atoms with E-state index in [1.165, 1.54) is 4.90 Å². The number of amides is 2. The van der Waals surface area contributed by atoms with Crippen molar-refractivity contribution in [2.75, 3.05) is 23.7 Å². The molecule has 0 aliphatic rings. The summed E-state index contributed by atoms with van der Waals surface area (Å²) in [5, 5.41) is 3.55. The number of nitrogens with one attached hydrogen (secondary N) is 1. The topological polar surface area (TPSA) is 96.0 Å². The highest BCUT2D eigenvalue weighted by Crippen LogP contribution is 2.30. The van der Waals surface area contributed by atoms with Crippen molar-refractivity contribution in [1.82, 2.24) is 10.2 Å². The van der Waals surface area contributed by atoms with E-state index < -0.39 is 28.5 Å². The van der Waals surface area contributed by atoms with Crippen LogP contribution in [0.4, 0.5) is 5.69 Å². The van der Waals surface area contributed by atoms with E-state index in [-0.39, 0.29) is 24.2 Å². The molecule has 0 saturated heterocycles. The number of benzene rings is 2. The minimum atomic E-state index is -3.87. The van der Waals surface area contributed by atoms with Gasteiger partial charge in [0.05, 0.1) is 28.6 Å². The molecule has 198 valence electrons. The SMILES string of the molecule is CCOc1ccccc1N(CC(=O)N(Cc1ccc(Cl)c(Cl)c1)[C@H](C)C(=O)N[C@@H](C)CC)S(C)(=O)=O. The van der Waals surface area contributed by atoms with Crippen LogP contribution in [0.1, 0.15) is 39.7 Å². The first kappa shape index (κ1) is 29.7. The minimum Gasteiger partial charge on any atom is -0.492 e. The third-order valence-corrected chi connectivity index (χ3v) is 7.48. The standard InChI is InChI=1S/C25H33Cl2N3O5S/c1-6-17(3)28-25(32)18(4)29(15-19-12-13-20(26)21(27)14-19)24(31)16-30(36(5,33)34)22-10-8-9-11-23(22)35-7-2/h8-14,17-18H,6-7,15-16H2,1-5H3,(H,28,32)/t17-,18+/m0/s1. The lowest BCUT2D eigenvalue weighted by atomic mass is 10.1. The molecule has 0 aromatic heterocycles. The highest BCUT2D eigenvalue weighted by molar-refractivity contribution is 7.92. The molecule has 8 nitrogen and oxygen atoms in total. The summed E-state index contributed by atoms with van der Waals surface area (Å²) >= 11 is 12.2. The molecule has 0 aliphatic carbocycles. The Hall–Kier alpha value is -2.49. The van der Waals surface area contributed by atoms with Crippen LogP contribution in [-0.2, 0) is 26.2 Å². The summed E-state index contributed by atoms with van der Waals surface area (Å²) in [6.07, 6.45) is 1.74. The first-order valence-corrected chi connectivity index (χ1v) is 14.2. The van der Waals surface area contributed by atoms with Gasteiger partial charge in [-0.2, -0.15) is 0 Å². The molecular formula is C25H33Cl2N3O5S. The third kappa shape index (κ3) is 8.01. The number of carbonyl (C=O) groups excluding carboxylic acids is 2. The van der Waals surface area contributed by atoms with Gasteiger partial charge in [-0.15, -0.1) is 0 Å². The third-order valence-electron chi connectivity index (χ3n) is 5.62. The van der Waals surface area contributed by atoms with Crippen LogP contribution in [0.5, 0.6) is 5.75 Å². The van der Waals surface area contributed by atoms with Crippen molar-refractivity contribution in [3.05, 3.63) is 58.1 Å². The number of hydrogen-bond donors (Lipinski definition) is 1. The second kappa shape index (κ2) is 13.2. The van der Waals surface area contributed by atoms with Gasteiger partial charge in [-0.1, -0.05) is 48.3 Å². The number of carbonyl (C=O) groups is 2. The lowest BCUT2D eigenvalue weighted by Crippen LogP contribution is -2.52. The average molecular weight is 559 g/mol. The first-order chi connectivity index (χ1) is 16.9. The van der Waals surface area contributed by atoms with E-state index in [0.717, 1.165) is 17.0 Å². The number of rotatable bonds is 12. The van der Waals surface area contributed by atoms with E-state index in [1.54, 1.807) is 56.3 Å². The molecule has 2 amide bonds. The summed E-state index contributed by atoms with van der Waals surface area (Å²) in [6.45, 7) is 7.01. The Bertz CT molecular complexity index is 1180. The van der Waals surface area contributed by atoms with Gasteiger partial charge in [-0.25, -0.2) is 8.42 Å². The van der Waals surface area contributed by atoms with Gasteiger partial charge in [-0.05, 0) is 57.0 Å². The molecule has 0 aliphatic heterocycles. The molecule has 0 bridgehead atoms. The van der Waals surface area contributed by atoms with Crippen molar-refractivity contribution in [3.8, 4) is 5.75 Å². The van der Waals surface area contributed by atoms with E-state index >= 15 is 0 Å². The van der Waals surface area contributed by atoms with Crippen molar-refractivity contribution in [2.45, 2.75) is 52.7 Å². The van der Waals surface area contributed by atoms with E-state index in [9.17, 15) is 18.0 Å². The molecule has 11 heteroatoms. The second-order valence-corrected chi connectivity index (χ2v) is 11.2. The van der Waals surface area contributed by atoms with Crippen LogP contribution in [-0.4, -0.2) is 56.6 Å². The van der Waals surface area contributed by atoms with E-state index in [4.69, 9.17) is 27.9 Å². The predicted octanol–water partition coefficient (Wildman–Crippen LogP) is 4.49. The van der Waals surface area contributed by atoms with Gasteiger partial charge in [0.25, 0.3) is 0 Å². The maximum Gasteiger partial charge on any atom is 0.244 e. The van der Waals surface area contributed by atoms with Crippen LogP contribution in [0.15, 0.2) is 42.5 Å². The normalized spacial score (nSPS) is 13.0. The molecule has 0 radical (unpaired) electrons. The van der Waals surface area contributed by atoms with Gasteiger partial charge in [0.1, 0.15) is 18.3 Å².